The molecule has 2 heterocycles. The summed E-state index contributed by atoms with van der Waals surface area (Å²) in [5.74, 6) is -0.353. The largest absolute Gasteiger partial charge is 0.376 e. The van der Waals surface area contributed by atoms with Gasteiger partial charge in [0.05, 0.1) is 19.3 Å². The van der Waals surface area contributed by atoms with Crippen LogP contribution in [-0.4, -0.2) is 37.8 Å². The third kappa shape index (κ3) is 2.73. The Morgan fingerprint density at radius 3 is 2.71 bits per heavy atom. The van der Waals surface area contributed by atoms with Crippen LogP contribution in [0.2, 0.25) is 0 Å². The quantitative estimate of drug-likeness (QED) is 0.836. The van der Waals surface area contributed by atoms with Gasteiger partial charge in [-0.2, -0.15) is 0 Å². The van der Waals surface area contributed by atoms with Gasteiger partial charge in [-0.3, -0.25) is 0 Å². The summed E-state index contributed by atoms with van der Waals surface area (Å²) in [4.78, 5) is 0. The molecular weight excluding hydrogens is 268 g/mol. The lowest BCUT2D eigenvalue weighted by Crippen LogP contribution is -2.55. The molecule has 2 aliphatic heterocycles. The highest BCUT2D eigenvalue weighted by molar-refractivity contribution is 5.13. The minimum atomic E-state index is -0.605. The van der Waals surface area contributed by atoms with Crippen molar-refractivity contribution in [2.24, 2.45) is 5.92 Å². The van der Waals surface area contributed by atoms with Gasteiger partial charge >= 0.3 is 0 Å². The zero-order chi connectivity index (χ0) is 14.9. The van der Waals surface area contributed by atoms with Crippen LogP contribution in [0, 0.1) is 5.92 Å². The zero-order valence-electron chi connectivity index (χ0n) is 13.0. The van der Waals surface area contributed by atoms with Crippen molar-refractivity contribution in [3.63, 3.8) is 0 Å². The lowest BCUT2D eigenvalue weighted by Gasteiger charge is -2.43. The van der Waals surface area contributed by atoms with Gasteiger partial charge in [0.25, 0.3) is 0 Å². The molecule has 2 saturated heterocycles. The second kappa shape index (κ2) is 6.05. The Balaban J connectivity index is 1.66. The van der Waals surface area contributed by atoms with Crippen LogP contribution in [0.15, 0.2) is 30.3 Å². The first-order valence-corrected chi connectivity index (χ1v) is 7.66. The molecule has 0 aromatic heterocycles. The van der Waals surface area contributed by atoms with Crippen molar-refractivity contribution in [2.45, 2.75) is 51.0 Å². The van der Waals surface area contributed by atoms with Crippen molar-refractivity contribution < 1.29 is 18.9 Å². The van der Waals surface area contributed by atoms with E-state index in [9.17, 15) is 0 Å². The molecule has 0 aliphatic carbocycles. The Kier molecular flexibility index (Phi) is 4.31. The van der Waals surface area contributed by atoms with Gasteiger partial charge in [-0.25, -0.2) is 0 Å². The van der Waals surface area contributed by atoms with E-state index in [1.54, 1.807) is 7.11 Å². The van der Waals surface area contributed by atoms with E-state index in [-0.39, 0.29) is 24.2 Å². The molecule has 1 aromatic rings. The predicted octanol–water partition coefficient (Wildman–Crippen LogP) is 2.76. The first-order valence-electron chi connectivity index (χ1n) is 7.66. The number of benzene rings is 1. The number of methoxy groups -OCH3 is 1. The molecule has 0 spiro atoms. The van der Waals surface area contributed by atoms with Crippen LogP contribution in [0.25, 0.3) is 0 Å². The third-order valence-electron chi connectivity index (χ3n) is 4.51. The average molecular weight is 292 g/mol. The smallest absolute Gasteiger partial charge is 0.197 e. The standard InChI is InChI=1S/C17H24O4/c1-12(2)17-16(18-3)9-14(15(21-17)11-20-17)19-10-13-7-5-4-6-8-13/h4-8,12,14-16H,9-11H2,1-3H3/t14-,15+,16+,17+/m0/s1. The Bertz CT molecular complexity index is 461. The van der Waals surface area contributed by atoms with E-state index < -0.39 is 5.79 Å². The number of fused-ring (bicyclic) bond motifs is 2. The van der Waals surface area contributed by atoms with Gasteiger partial charge in [0.15, 0.2) is 5.79 Å². The number of hydrogen-bond acceptors (Lipinski definition) is 4. The summed E-state index contributed by atoms with van der Waals surface area (Å²) in [5, 5.41) is 0. The molecule has 116 valence electrons. The molecule has 0 amide bonds. The highest BCUT2D eigenvalue weighted by Crippen LogP contribution is 2.43. The predicted molar refractivity (Wildman–Crippen MR) is 78.8 cm³/mol. The Morgan fingerprint density at radius 2 is 2.05 bits per heavy atom. The average Bonchev–Trinajstić information content (AvgIpc) is 2.89. The lowest BCUT2D eigenvalue weighted by atomic mass is 9.90. The molecule has 1 aromatic carbocycles. The molecule has 2 aliphatic rings. The Hall–Kier alpha value is -0.940. The molecule has 0 radical (unpaired) electrons. The van der Waals surface area contributed by atoms with Crippen LogP contribution in [0.1, 0.15) is 25.8 Å². The fraction of sp³-hybridized carbons (Fsp3) is 0.647. The molecule has 3 rings (SSSR count). The van der Waals surface area contributed by atoms with Crippen LogP contribution in [0.3, 0.4) is 0 Å². The lowest BCUT2D eigenvalue weighted by molar-refractivity contribution is -0.293. The van der Waals surface area contributed by atoms with Gasteiger partial charge in [-0.15, -0.1) is 0 Å². The summed E-state index contributed by atoms with van der Waals surface area (Å²) in [5.41, 5.74) is 1.17. The fourth-order valence-corrected chi connectivity index (χ4v) is 3.28. The highest BCUT2D eigenvalue weighted by Gasteiger charge is 2.57. The van der Waals surface area contributed by atoms with Crippen LogP contribution in [-0.2, 0) is 25.6 Å². The normalized spacial score (nSPS) is 35.3. The Labute approximate surface area is 126 Å². The van der Waals surface area contributed by atoms with Gasteiger partial charge < -0.3 is 18.9 Å². The van der Waals surface area contributed by atoms with Crippen molar-refractivity contribution >= 4 is 0 Å². The van der Waals surface area contributed by atoms with E-state index in [2.05, 4.69) is 26.0 Å². The van der Waals surface area contributed by atoms with Gasteiger partial charge in [0.1, 0.15) is 12.2 Å². The van der Waals surface area contributed by atoms with Gasteiger partial charge in [-0.1, -0.05) is 44.2 Å². The van der Waals surface area contributed by atoms with Crippen molar-refractivity contribution in [1.29, 1.82) is 0 Å². The van der Waals surface area contributed by atoms with Crippen LogP contribution < -0.4 is 0 Å². The monoisotopic (exact) mass is 292 g/mol. The van der Waals surface area contributed by atoms with Gasteiger partial charge in [0, 0.05) is 19.4 Å². The SMILES string of the molecule is CO[C@@H]1C[C@H](OCc2ccccc2)[C@H]2CO[C@]1(C(C)C)O2. The number of hydrogen-bond donors (Lipinski definition) is 0. The van der Waals surface area contributed by atoms with Crippen LogP contribution >= 0.6 is 0 Å². The minimum absolute atomic E-state index is 0.00233. The van der Waals surface area contributed by atoms with E-state index in [0.29, 0.717) is 13.2 Å². The molecular formula is C17H24O4. The molecule has 0 unspecified atom stereocenters. The van der Waals surface area contributed by atoms with E-state index in [1.807, 2.05) is 18.2 Å². The third-order valence-corrected chi connectivity index (χ3v) is 4.51. The van der Waals surface area contributed by atoms with Crippen molar-refractivity contribution in [2.75, 3.05) is 13.7 Å². The van der Waals surface area contributed by atoms with Crippen molar-refractivity contribution in [3.8, 4) is 0 Å². The first-order chi connectivity index (χ1) is 10.2. The van der Waals surface area contributed by atoms with E-state index in [4.69, 9.17) is 18.9 Å². The summed E-state index contributed by atoms with van der Waals surface area (Å²) in [6.07, 6.45) is 0.746. The molecule has 4 heteroatoms. The maximum Gasteiger partial charge on any atom is 0.197 e. The Morgan fingerprint density at radius 1 is 1.29 bits per heavy atom. The molecule has 0 saturated carbocycles. The van der Waals surface area contributed by atoms with E-state index in [0.717, 1.165) is 6.42 Å². The molecule has 0 N–H and O–H groups in total. The highest BCUT2D eigenvalue weighted by atomic mass is 16.8. The minimum Gasteiger partial charge on any atom is -0.376 e. The van der Waals surface area contributed by atoms with Crippen LogP contribution in [0.4, 0.5) is 0 Å². The van der Waals surface area contributed by atoms with E-state index >= 15 is 0 Å². The first kappa shape index (κ1) is 15.0. The van der Waals surface area contributed by atoms with Gasteiger partial charge in [-0.05, 0) is 5.56 Å². The zero-order valence-corrected chi connectivity index (χ0v) is 13.0. The molecule has 4 atom stereocenters. The number of rotatable bonds is 5. The summed E-state index contributed by atoms with van der Waals surface area (Å²) >= 11 is 0. The van der Waals surface area contributed by atoms with E-state index in [1.165, 1.54) is 5.56 Å². The molecule has 2 bridgehead atoms. The maximum atomic E-state index is 6.18. The fourth-order valence-electron chi connectivity index (χ4n) is 3.28. The summed E-state index contributed by atoms with van der Waals surface area (Å²) in [6.45, 7) is 5.40. The maximum absolute atomic E-state index is 6.18. The topological polar surface area (TPSA) is 36.9 Å². The molecule has 4 nitrogen and oxygen atoms in total. The second-order valence-corrected chi connectivity index (χ2v) is 6.14. The molecule has 21 heavy (non-hydrogen) atoms. The second-order valence-electron chi connectivity index (χ2n) is 6.14. The summed E-state index contributed by atoms with van der Waals surface area (Å²) < 4.78 is 23.9. The number of ether oxygens (including phenoxy) is 4. The summed E-state index contributed by atoms with van der Waals surface area (Å²) in [7, 11) is 1.72. The molecule has 2 fully saturated rings. The van der Waals surface area contributed by atoms with Crippen molar-refractivity contribution in [1.82, 2.24) is 0 Å². The van der Waals surface area contributed by atoms with Crippen LogP contribution in [0.5, 0.6) is 0 Å². The van der Waals surface area contributed by atoms with Gasteiger partial charge in [0.2, 0.25) is 0 Å². The summed E-state index contributed by atoms with van der Waals surface area (Å²) in [6, 6.07) is 10.2. The van der Waals surface area contributed by atoms with Crippen molar-refractivity contribution in [3.05, 3.63) is 35.9 Å².